The van der Waals surface area contributed by atoms with Crippen LogP contribution in [0.5, 0.6) is 0 Å². The van der Waals surface area contributed by atoms with Gasteiger partial charge in [-0.05, 0) is 71.2 Å². The molecule has 5 heteroatoms. The van der Waals surface area contributed by atoms with Crippen LogP contribution in [-0.4, -0.2) is 41.2 Å². The SMILES string of the molecule is CCCCN1CCC[C@H]1c1ccc(N(CCC)C(=O)OC(C)(C)C)nc1. The minimum Gasteiger partial charge on any atom is -0.443 e. The predicted octanol–water partition coefficient (Wildman–Crippen LogP) is 5.17. The van der Waals surface area contributed by atoms with Crippen molar-refractivity contribution in [1.82, 2.24) is 9.88 Å². The Morgan fingerprint density at radius 3 is 2.65 bits per heavy atom. The summed E-state index contributed by atoms with van der Waals surface area (Å²) < 4.78 is 5.54. The van der Waals surface area contributed by atoms with Gasteiger partial charge in [-0.3, -0.25) is 9.80 Å². The van der Waals surface area contributed by atoms with Crippen LogP contribution in [0.3, 0.4) is 0 Å². The third-order valence-corrected chi connectivity index (χ3v) is 4.66. The van der Waals surface area contributed by atoms with Gasteiger partial charge in [0.2, 0.25) is 0 Å². The van der Waals surface area contributed by atoms with Crippen LogP contribution < -0.4 is 4.90 Å². The van der Waals surface area contributed by atoms with Crippen LogP contribution in [0.15, 0.2) is 18.3 Å². The summed E-state index contributed by atoms with van der Waals surface area (Å²) in [6.07, 6.45) is 7.37. The molecule has 2 heterocycles. The van der Waals surface area contributed by atoms with Gasteiger partial charge >= 0.3 is 6.09 Å². The number of hydrogen-bond donors (Lipinski definition) is 0. The number of rotatable bonds is 7. The topological polar surface area (TPSA) is 45.7 Å². The van der Waals surface area contributed by atoms with Gasteiger partial charge in [-0.25, -0.2) is 9.78 Å². The quantitative estimate of drug-likeness (QED) is 0.672. The molecule has 1 amide bonds. The van der Waals surface area contributed by atoms with Crippen LogP contribution in [0.25, 0.3) is 0 Å². The van der Waals surface area contributed by atoms with Crippen molar-refractivity contribution in [2.45, 2.75) is 78.4 Å². The standard InChI is InChI=1S/C21H35N3O2/c1-6-8-14-23-15-9-10-18(23)17-11-12-19(22-16-17)24(13-7-2)20(25)26-21(3,4)5/h11-12,16,18H,6-10,13-15H2,1-5H3/t18-/m0/s1. The van der Waals surface area contributed by atoms with Crippen molar-refractivity contribution in [3.63, 3.8) is 0 Å². The van der Waals surface area contributed by atoms with E-state index in [0.717, 1.165) is 13.0 Å². The van der Waals surface area contributed by atoms with Gasteiger partial charge in [-0.15, -0.1) is 0 Å². The zero-order valence-corrected chi connectivity index (χ0v) is 17.1. The predicted molar refractivity (Wildman–Crippen MR) is 107 cm³/mol. The zero-order chi connectivity index (χ0) is 19.2. The molecule has 1 aromatic heterocycles. The number of likely N-dealkylation sites (tertiary alicyclic amines) is 1. The van der Waals surface area contributed by atoms with Crippen molar-refractivity contribution < 1.29 is 9.53 Å². The van der Waals surface area contributed by atoms with Crippen LogP contribution >= 0.6 is 0 Å². The molecule has 0 spiro atoms. The molecule has 0 radical (unpaired) electrons. The van der Waals surface area contributed by atoms with Crippen molar-refractivity contribution >= 4 is 11.9 Å². The molecular formula is C21H35N3O2. The summed E-state index contributed by atoms with van der Waals surface area (Å²) in [5.41, 5.74) is 0.745. The molecule has 146 valence electrons. The average molecular weight is 362 g/mol. The zero-order valence-electron chi connectivity index (χ0n) is 17.1. The lowest BCUT2D eigenvalue weighted by atomic mass is 10.1. The maximum Gasteiger partial charge on any atom is 0.416 e. The molecule has 1 fully saturated rings. The number of ether oxygens (including phenoxy) is 1. The Hall–Kier alpha value is -1.62. The maximum atomic E-state index is 12.5. The molecule has 1 saturated heterocycles. The fourth-order valence-corrected chi connectivity index (χ4v) is 3.43. The van der Waals surface area contributed by atoms with E-state index in [1.54, 1.807) is 4.90 Å². The second-order valence-electron chi connectivity index (χ2n) is 8.13. The highest BCUT2D eigenvalue weighted by Crippen LogP contribution is 2.32. The molecule has 1 aliphatic rings. The second-order valence-corrected chi connectivity index (χ2v) is 8.13. The van der Waals surface area contributed by atoms with E-state index in [4.69, 9.17) is 4.74 Å². The highest BCUT2D eigenvalue weighted by molar-refractivity contribution is 5.86. The van der Waals surface area contributed by atoms with Gasteiger partial charge in [0.05, 0.1) is 0 Å². The Morgan fingerprint density at radius 1 is 1.31 bits per heavy atom. The van der Waals surface area contributed by atoms with Gasteiger partial charge in [-0.1, -0.05) is 26.3 Å². The van der Waals surface area contributed by atoms with E-state index in [2.05, 4.69) is 29.8 Å². The molecule has 0 aliphatic carbocycles. The third kappa shape index (κ3) is 5.70. The van der Waals surface area contributed by atoms with Gasteiger partial charge in [0.1, 0.15) is 11.4 Å². The molecule has 0 unspecified atom stereocenters. The van der Waals surface area contributed by atoms with Gasteiger partial charge in [0.25, 0.3) is 0 Å². The molecule has 1 aromatic rings. The molecule has 26 heavy (non-hydrogen) atoms. The summed E-state index contributed by atoms with van der Waals surface area (Å²) in [5, 5.41) is 0. The lowest BCUT2D eigenvalue weighted by Crippen LogP contribution is -2.37. The van der Waals surface area contributed by atoms with Crippen LogP contribution in [0.2, 0.25) is 0 Å². The summed E-state index contributed by atoms with van der Waals surface area (Å²) in [6, 6.07) is 4.56. The van der Waals surface area contributed by atoms with Crippen LogP contribution in [-0.2, 0) is 4.74 Å². The van der Waals surface area contributed by atoms with Gasteiger partial charge < -0.3 is 4.74 Å². The summed E-state index contributed by atoms with van der Waals surface area (Å²) in [5.74, 6) is 0.669. The molecule has 0 N–H and O–H groups in total. The molecule has 0 aromatic carbocycles. The Bertz CT molecular complexity index is 566. The number of nitrogens with zero attached hydrogens (tertiary/aromatic N) is 3. The summed E-state index contributed by atoms with van der Waals surface area (Å²) in [7, 11) is 0. The smallest absolute Gasteiger partial charge is 0.416 e. The highest BCUT2D eigenvalue weighted by atomic mass is 16.6. The highest BCUT2D eigenvalue weighted by Gasteiger charge is 2.27. The monoisotopic (exact) mass is 361 g/mol. The number of unbranched alkanes of at least 4 members (excludes halogenated alkanes) is 1. The van der Waals surface area contributed by atoms with E-state index in [-0.39, 0.29) is 6.09 Å². The summed E-state index contributed by atoms with van der Waals surface area (Å²) in [6.45, 7) is 12.9. The van der Waals surface area contributed by atoms with Crippen molar-refractivity contribution in [1.29, 1.82) is 0 Å². The summed E-state index contributed by atoms with van der Waals surface area (Å²) >= 11 is 0. The van der Waals surface area contributed by atoms with E-state index in [0.29, 0.717) is 18.4 Å². The number of anilines is 1. The molecule has 5 nitrogen and oxygen atoms in total. The Labute approximate surface area is 158 Å². The number of pyridine rings is 1. The normalized spacial score (nSPS) is 18.1. The Morgan fingerprint density at radius 2 is 2.08 bits per heavy atom. The fraction of sp³-hybridized carbons (Fsp3) is 0.714. The minimum atomic E-state index is -0.507. The van der Waals surface area contributed by atoms with E-state index < -0.39 is 5.60 Å². The number of hydrogen-bond acceptors (Lipinski definition) is 4. The second kappa shape index (κ2) is 9.36. The number of carbonyl (C=O) groups excluding carboxylic acids is 1. The van der Waals surface area contributed by atoms with E-state index in [1.807, 2.05) is 33.0 Å². The molecule has 0 bridgehead atoms. The van der Waals surface area contributed by atoms with Crippen molar-refractivity contribution in [2.24, 2.45) is 0 Å². The molecule has 1 atom stereocenters. The molecule has 2 rings (SSSR count). The third-order valence-electron chi connectivity index (χ3n) is 4.66. The first-order valence-electron chi connectivity index (χ1n) is 10.1. The van der Waals surface area contributed by atoms with Gasteiger partial charge in [0, 0.05) is 18.8 Å². The first-order chi connectivity index (χ1) is 12.4. The van der Waals surface area contributed by atoms with Gasteiger partial charge in [-0.2, -0.15) is 0 Å². The molecular weight excluding hydrogens is 326 g/mol. The maximum absolute atomic E-state index is 12.5. The number of aromatic nitrogens is 1. The van der Waals surface area contributed by atoms with Crippen molar-refractivity contribution in [3.05, 3.63) is 23.9 Å². The molecule has 1 aliphatic heterocycles. The van der Waals surface area contributed by atoms with E-state index >= 15 is 0 Å². The lowest BCUT2D eigenvalue weighted by molar-refractivity contribution is 0.0579. The lowest BCUT2D eigenvalue weighted by Gasteiger charge is -2.27. The first kappa shape index (κ1) is 20.7. The Kier molecular flexibility index (Phi) is 7.44. The largest absolute Gasteiger partial charge is 0.443 e. The Balaban J connectivity index is 2.11. The van der Waals surface area contributed by atoms with Crippen LogP contribution in [0.1, 0.15) is 78.3 Å². The van der Waals surface area contributed by atoms with E-state index in [9.17, 15) is 4.79 Å². The molecule has 0 saturated carbocycles. The number of carbonyl (C=O) groups is 1. The summed E-state index contributed by atoms with van der Waals surface area (Å²) in [4.78, 5) is 21.3. The van der Waals surface area contributed by atoms with Gasteiger partial charge in [0.15, 0.2) is 0 Å². The minimum absolute atomic E-state index is 0.329. The first-order valence-corrected chi connectivity index (χ1v) is 10.1. The average Bonchev–Trinajstić information content (AvgIpc) is 3.05. The fourth-order valence-electron chi connectivity index (χ4n) is 3.43. The number of amides is 1. The van der Waals surface area contributed by atoms with E-state index in [1.165, 1.54) is 37.8 Å². The van der Waals surface area contributed by atoms with Crippen molar-refractivity contribution in [2.75, 3.05) is 24.5 Å². The van der Waals surface area contributed by atoms with Crippen LogP contribution in [0, 0.1) is 0 Å². The van der Waals surface area contributed by atoms with Crippen molar-refractivity contribution in [3.8, 4) is 0 Å². The van der Waals surface area contributed by atoms with Crippen LogP contribution in [0.4, 0.5) is 10.6 Å².